The highest BCUT2D eigenvalue weighted by atomic mass is 35.5. The Kier molecular flexibility index (Phi) is 9.76. The van der Waals surface area contributed by atoms with Gasteiger partial charge in [0.1, 0.15) is 42.9 Å². The quantitative estimate of drug-likeness (QED) is 0.0570. The third kappa shape index (κ3) is 6.61. The van der Waals surface area contributed by atoms with Crippen LogP contribution in [0.2, 0.25) is 5.02 Å². The van der Waals surface area contributed by atoms with Gasteiger partial charge < -0.3 is 38.8 Å². The van der Waals surface area contributed by atoms with Gasteiger partial charge in [0.2, 0.25) is 5.95 Å². The first-order valence-corrected chi connectivity index (χ1v) is 17.1. The fraction of sp³-hybridized carbons (Fsp3) is 0.400. The molecular formula is C20H23ClN8O9P2S2. The summed E-state index contributed by atoms with van der Waals surface area (Å²) in [5.41, 5.74) is 6.00. The molecule has 1 fully saturated rings. The lowest BCUT2D eigenvalue weighted by molar-refractivity contribution is -0.128. The Morgan fingerprint density at radius 1 is 1.36 bits per heavy atom. The number of hydrogen-bond acceptors (Lipinski definition) is 15. The van der Waals surface area contributed by atoms with E-state index in [2.05, 4.69) is 37.2 Å². The zero-order valence-corrected chi connectivity index (χ0v) is 25.5. The van der Waals surface area contributed by atoms with E-state index in [1.54, 1.807) is 10.6 Å². The summed E-state index contributed by atoms with van der Waals surface area (Å²) in [4.78, 5) is 53.3. The van der Waals surface area contributed by atoms with Gasteiger partial charge in [-0.15, -0.1) is 12.2 Å². The molecule has 0 bridgehead atoms. The number of anilines is 1. The van der Waals surface area contributed by atoms with Crippen molar-refractivity contribution in [3.05, 3.63) is 39.8 Å². The number of aliphatic hydroxyl groups excluding tert-OH is 1. The van der Waals surface area contributed by atoms with E-state index in [9.17, 15) is 19.6 Å². The van der Waals surface area contributed by atoms with Gasteiger partial charge in [-0.2, -0.15) is 4.98 Å². The largest absolute Gasteiger partial charge is 0.466 e. The second-order valence-corrected chi connectivity index (χ2v) is 12.9. The summed E-state index contributed by atoms with van der Waals surface area (Å²) in [7, 11) is -0.191. The fourth-order valence-corrected chi connectivity index (χ4v) is 6.28. The molecule has 0 saturated carbocycles. The first-order valence-electron chi connectivity index (χ1n) is 11.9. The van der Waals surface area contributed by atoms with Crippen LogP contribution in [0.5, 0.6) is 0 Å². The van der Waals surface area contributed by atoms with Gasteiger partial charge >= 0.3 is 6.72 Å². The van der Waals surface area contributed by atoms with E-state index in [0.717, 1.165) is 0 Å². The van der Waals surface area contributed by atoms with Crippen molar-refractivity contribution in [3.8, 4) is 0 Å². The van der Waals surface area contributed by atoms with Crippen LogP contribution in [-0.2, 0) is 52.8 Å². The van der Waals surface area contributed by atoms with Crippen LogP contribution in [0, 0.1) is 0 Å². The molecule has 0 spiro atoms. The molecule has 1 aliphatic heterocycles. The number of aromatic amines is 1. The second-order valence-electron chi connectivity index (χ2n) is 8.69. The van der Waals surface area contributed by atoms with Gasteiger partial charge in [0.25, 0.3) is 12.0 Å². The Labute approximate surface area is 252 Å². The molecule has 0 aromatic carbocycles. The van der Waals surface area contributed by atoms with Crippen molar-refractivity contribution >= 4 is 85.1 Å². The van der Waals surface area contributed by atoms with E-state index in [1.165, 1.54) is 17.1 Å². The molecule has 22 heteroatoms. The topological polar surface area (TPSA) is 224 Å². The number of carbonyl (C=O) groups is 1. The lowest BCUT2D eigenvalue weighted by Gasteiger charge is -2.26. The monoisotopic (exact) mass is 680 g/mol. The van der Waals surface area contributed by atoms with Gasteiger partial charge in [0, 0.05) is 6.20 Å². The molecule has 5 N–H and O–H groups in total. The van der Waals surface area contributed by atoms with Crippen LogP contribution in [0.25, 0.3) is 22.3 Å². The van der Waals surface area contributed by atoms with Crippen molar-refractivity contribution in [1.82, 2.24) is 34.1 Å². The number of H-pyrrole nitrogens is 1. The standard InChI is InChI=1S/C20H23ClN8O9P2S2/c21-9-3-10-16(23-4-9)28(1-2-34-8-30)12(25-10)6-36-40(33,42)38-15-14(31)11(5-35-39-41)37-19(15)29-7-24-13-17(29)26-20(22)27-18(13)32/h3-4,7-8,11,14-15,19,31,39,41H,1-2,5-6H2,(H,33,42)(H3,22,26,27,32)/t11-,14-,15-,19-,40?/m1/s1. The number of hydrogen-bond donors (Lipinski definition) is 5. The van der Waals surface area contributed by atoms with Crippen LogP contribution in [0.15, 0.2) is 23.4 Å². The SMILES string of the molecule is Nc1nc2c(ncn2[C@@H]2O[C@H](COPS)[C@@H](O)[C@H]2OP(O)(=S)OCc2nc3cc(Cl)cnc3n2CCOC=O)c(=O)[nH]1. The summed E-state index contributed by atoms with van der Waals surface area (Å²) >= 11 is 15.4. The van der Waals surface area contributed by atoms with Gasteiger partial charge in [-0.3, -0.25) is 23.7 Å². The highest BCUT2D eigenvalue weighted by Crippen LogP contribution is 2.50. The summed E-state index contributed by atoms with van der Waals surface area (Å²) < 4.78 is 30.5. The summed E-state index contributed by atoms with van der Waals surface area (Å²) in [6.45, 7) is -4.03. The molecule has 4 aromatic rings. The van der Waals surface area contributed by atoms with Crippen molar-refractivity contribution in [3.63, 3.8) is 0 Å². The maximum atomic E-state index is 12.3. The Balaban J connectivity index is 1.40. The summed E-state index contributed by atoms with van der Waals surface area (Å²) in [5.74, 6) is 0.107. The van der Waals surface area contributed by atoms with Crippen LogP contribution in [0.4, 0.5) is 5.95 Å². The third-order valence-electron chi connectivity index (χ3n) is 6.09. The van der Waals surface area contributed by atoms with Crippen molar-refractivity contribution in [2.45, 2.75) is 37.7 Å². The number of aromatic nitrogens is 7. The molecule has 6 atom stereocenters. The molecule has 17 nitrogen and oxygen atoms in total. The molecule has 4 aromatic heterocycles. The lowest BCUT2D eigenvalue weighted by atomic mass is 10.1. The predicted octanol–water partition coefficient (Wildman–Crippen LogP) is 0.805. The fourth-order valence-electron chi connectivity index (χ4n) is 4.34. The van der Waals surface area contributed by atoms with E-state index >= 15 is 0 Å². The number of rotatable bonds is 13. The number of nitrogen functional groups attached to an aromatic ring is 1. The van der Waals surface area contributed by atoms with Crippen LogP contribution in [0.1, 0.15) is 12.1 Å². The van der Waals surface area contributed by atoms with Gasteiger partial charge in [0.05, 0.1) is 32.5 Å². The van der Waals surface area contributed by atoms with Crippen molar-refractivity contribution in [2.24, 2.45) is 0 Å². The highest BCUT2D eigenvalue weighted by molar-refractivity contribution is 8.36. The Hall–Kier alpha value is -2.28. The van der Waals surface area contributed by atoms with Crippen molar-refractivity contribution in [2.75, 3.05) is 18.9 Å². The first kappa shape index (κ1) is 31.2. The molecule has 1 saturated heterocycles. The third-order valence-corrected chi connectivity index (χ3v) is 8.52. The van der Waals surface area contributed by atoms with E-state index in [-0.39, 0.29) is 57.3 Å². The maximum absolute atomic E-state index is 12.3. The van der Waals surface area contributed by atoms with Crippen LogP contribution in [0.3, 0.4) is 0 Å². The number of halogens is 1. The number of nitrogens with zero attached hydrogens (tertiary/aromatic N) is 6. The molecule has 1 aliphatic rings. The van der Waals surface area contributed by atoms with Gasteiger partial charge in [-0.1, -0.05) is 11.6 Å². The molecule has 42 heavy (non-hydrogen) atoms. The van der Waals surface area contributed by atoms with Crippen molar-refractivity contribution in [1.29, 1.82) is 0 Å². The van der Waals surface area contributed by atoms with E-state index < -0.39 is 36.8 Å². The molecule has 0 aliphatic carbocycles. The number of nitrogens with two attached hydrogens (primary N) is 1. The number of aliphatic hydroxyl groups is 1. The Morgan fingerprint density at radius 2 is 2.17 bits per heavy atom. The minimum absolute atomic E-state index is 0.0138. The summed E-state index contributed by atoms with van der Waals surface area (Å²) in [5, 5.41) is 11.4. The second kappa shape index (κ2) is 13.2. The lowest BCUT2D eigenvalue weighted by Crippen LogP contribution is -2.35. The van der Waals surface area contributed by atoms with Crippen LogP contribution < -0.4 is 11.3 Å². The van der Waals surface area contributed by atoms with E-state index in [4.69, 9.17) is 52.2 Å². The number of ether oxygens (including phenoxy) is 2. The number of thiol groups is 1. The number of imidazole rings is 2. The van der Waals surface area contributed by atoms with Crippen LogP contribution in [-0.4, -0.2) is 82.1 Å². The molecule has 5 heterocycles. The predicted molar refractivity (Wildman–Crippen MR) is 156 cm³/mol. The average Bonchev–Trinajstić information content (AvgIpc) is 3.60. The van der Waals surface area contributed by atoms with E-state index in [1.807, 2.05) is 0 Å². The maximum Gasteiger partial charge on any atom is 0.325 e. The molecule has 0 radical (unpaired) electrons. The molecule has 2 unspecified atom stereocenters. The summed E-state index contributed by atoms with van der Waals surface area (Å²) in [6.07, 6.45) is -2.12. The summed E-state index contributed by atoms with van der Waals surface area (Å²) in [6, 6.07) is 1.59. The number of carbonyl (C=O) groups excluding carboxylic acids is 1. The smallest absolute Gasteiger partial charge is 0.325 e. The normalized spacial score (nSPS) is 22.4. The molecule has 5 rings (SSSR count). The van der Waals surface area contributed by atoms with Gasteiger partial charge in [-0.05, 0) is 17.9 Å². The zero-order chi connectivity index (χ0) is 30.0. The Morgan fingerprint density at radius 3 is 2.93 bits per heavy atom. The first-order chi connectivity index (χ1) is 20.1. The number of fused-ring (bicyclic) bond motifs is 2. The van der Waals surface area contributed by atoms with E-state index in [0.29, 0.717) is 22.7 Å². The Bertz CT molecular complexity index is 1710. The number of nitrogens with one attached hydrogen (secondary N) is 1. The molecule has 226 valence electrons. The minimum Gasteiger partial charge on any atom is -0.466 e. The number of pyridine rings is 1. The zero-order valence-electron chi connectivity index (χ0n) is 21.1. The van der Waals surface area contributed by atoms with Crippen LogP contribution >= 0.6 is 38.6 Å². The average molecular weight is 681 g/mol. The highest BCUT2D eigenvalue weighted by Gasteiger charge is 2.48. The minimum atomic E-state index is -4.11. The van der Waals surface area contributed by atoms with Crippen molar-refractivity contribution < 1.29 is 37.8 Å². The molecule has 0 amide bonds. The van der Waals surface area contributed by atoms with Gasteiger partial charge in [-0.25, -0.2) is 15.0 Å². The van der Waals surface area contributed by atoms with Gasteiger partial charge in [0.15, 0.2) is 23.0 Å². The molecular weight excluding hydrogens is 658 g/mol.